The summed E-state index contributed by atoms with van der Waals surface area (Å²) in [6.07, 6.45) is -0.0968. The number of aliphatic carboxylic acids is 1. The van der Waals surface area contributed by atoms with E-state index in [1.165, 1.54) is 0 Å². The SMILES string of the molecule is CC(OCc1ccccc1)C(=O)Nc1cccc(CCC(=O)O)c1. The van der Waals surface area contributed by atoms with Crippen molar-refractivity contribution >= 4 is 17.6 Å². The second-order valence-corrected chi connectivity index (χ2v) is 5.52. The van der Waals surface area contributed by atoms with Crippen LogP contribution < -0.4 is 5.32 Å². The maximum atomic E-state index is 12.2. The van der Waals surface area contributed by atoms with Crippen molar-refractivity contribution in [1.29, 1.82) is 0 Å². The van der Waals surface area contributed by atoms with E-state index in [1.807, 2.05) is 36.4 Å². The topological polar surface area (TPSA) is 75.6 Å². The lowest BCUT2D eigenvalue weighted by atomic mass is 10.1. The molecule has 5 nitrogen and oxygen atoms in total. The van der Waals surface area contributed by atoms with Crippen LogP contribution in [0.2, 0.25) is 0 Å². The first-order valence-corrected chi connectivity index (χ1v) is 7.81. The van der Waals surface area contributed by atoms with Crippen LogP contribution in [0.15, 0.2) is 54.6 Å². The van der Waals surface area contributed by atoms with Gasteiger partial charge in [-0.25, -0.2) is 0 Å². The highest BCUT2D eigenvalue weighted by Gasteiger charge is 2.14. The second-order valence-electron chi connectivity index (χ2n) is 5.52. The quantitative estimate of drug-likeness (QED) is 0.780. The molecule has 0 saturated heterocycles. The Morgan fingerprint density at radius 3 is 2.50 bits per heavy atom. The third-order valence-corrected chi connectivity index (χ3v) is 3.53. The van der Waals surface area contributed by atoms with E-state index in [1.54, 1.807) is 25.1 Å². The highest BCUT2D eigenvalue weighted by molar-refractivity contribution is 5.93. The summed E-state index contributed by atoms with van der Waals surface area (Å²) in [5.41, 5.74) is 2.51. The van der Waals surface area contributed by atoms with Crippen molar-refractivity contribution in [3.8, 4) is 0 Å². The molecule has 1 atom stereocenters. The van der Waals surface area contributed by atoms with E-state index < -0.39 is 12.1 Å². The number of amides is 1. The smallest absolute Gasteiger partial charge is 0.303 e. The molecule has 0 heterocycles. The zero-order chi connectivity index (χ0) is 17.4. The first-order chi connectivity index (χ1) is 11.5. The van der Waals surface area contributed by atoms with Gasteiger partial charge in [-0.05, 0) is 36.6 Å². The minimum atomic E-state index is -0.840. The third kappa shape index (κ3) is 5.85. The van der Waals surface area contributed by atoms with Gasteiger partial charge in [0.2, 0.25) is 0 Å². The normalized spacial score (nSPS) is 11.7. The zero-order valence-electron chi connectivity index (χ0n) is 13.6. The molecule has 2 rings (SSSR count). The van der Waals surface area contributed by atoms with Gasteiger partial charge in [-0.3, -0.25) is 9.59 Å². The summed E-state index contributed by atoms with van der Waals surface area (Å²) in [5, 5.41) is 11.5. The van der Waals surface area contributed by atoms with Gasteiger partial charge in [-0.1, -0.05) is 42.5 Å². The number of carbonyl (C=O) groups excluding carboxylic acids is 1. The maximum Gasteiger partial charge on any atom is 0.303 e. The molecule has 2 aromatic carbocycles. The summed E-state index contributed by atoms with van der Waals surface area (Å²) >= 11 is 0. The summed E-state index contributed by atoms with van der Waals surface area (Å²) in [7, 11) is 0. The fourth-order valence-corrected chi connectivity index (χ4v) is 2.17. The maximum absolute atomic E-state index is 12.2. The number of aryl methyl sites for hydroxylation is 1. The van der Waals surface area contributed by atoms with Gasteiger partial charge in [0.05, 0.1) is 6.61 Å². The van der Waals surface area contributed by atoms with Crippen molar-refractivity contribution in [1.82, 2.24) is 0 Å². The fraction of sp³-hybridized carbons (Fsp3) is 0.263. The van der Waals surface area contributed by atoms with E-state index in [0.717, 1.165) is 11.1 Å². The molecule has 2 N–H and O–H groups in total. The molecule has 1 unspecified atom stereocenters. The number of nitrogens with one attached hydrogen (secondary N) is 1. The average Bonchev–Trinajstić information content (AvgIpc) is 2.59. The Kier molecular flexibility index (Phi) is 6.51. The van der Waals surface area contributed by atoms with Crippen molar-refractivity contribution in [2.45, 2.75) is 32.5 Å². The molecule has 0 saturated carbocycles. The Morgan fingerprint density at radius 2 is 1.79 bits per heavy atom. The van der Waals surface area contributed by atoms with Gasteiger partial charge in [0.15, 0.2) is 0 Å². The molecule has 0 aliphatic rings. The number of hydrogen-bond donors (Lipinski definition) is 2. The summed E-state index contributed by atoms with van der Waals surface area (Å²) in [4.78, 5) is 22.8. The van der Waals surface area contributed by atoms with Crippen LogP contribution >= 0.6 is 0 Å². The molecular formula is C19H21NO4. The number of ether oxygens (including phenoxy) is 1. The number of carboxylic acids is 1. The van der Waals surface area contributed by atoms with Crippen LogP contribution in [0, 0.1) is 0 Å². The zero-order valence-corrected chi connectivity index (χ0v) is 13.6. The number of anilines is 1. The van der Waals surface area contributed by atoms with Crippen LogP contribution in [0.3, 0.4) is 0 Å². The second kappa shape index (κ2) is 8.84. The monoisotopic (exact) mass is 327 g/mol. The van der Waals surface area contributed by atoms with E-state index >= 15 is 0 Å². The average molecular weight is 327 g/mol. The van der Waals surface area contributed by atoms with Crippen LogP contribution in [0.4, 0.5) is 5.69 Å². The molecule has 1 amide bonds. The van der Waals surface area contributed by atoms with Gasteiger partial charge in [0.1, 0.15) is 6.10 Å². The minimum Gasteiger partial charge on any atom is -0.481 e. The molecule has 0 bridgehead atoms. The summed E-state index contributed by atoms with van der Waals surface area (Å²) in [6, 6.07) is 16.8. The first-order valence-electron chi connectivity index (χ1n) is 7.81. The lowest BCUT2D eigenvalue weighted by molar-refractivity contribution is -0.137. The molecule has 24 heavy (non-hydrogen) atoms. The summed E-state index contributed by atoms with van der Waals surface area (Å²) < 4.78 is 5.58. The Hall–Kier alpha value is -2.66. The van der Waals surface area contributed by atoms with Gasteiger partial charge in [-0.15, -0.1) is 0 Å². The number of rotatable bonds is 8. The Labute approximate surface area is 141 Å². The Bertz CT molecular complexity index is 685. The largest absolute Gasteiger partial charge is 0.481 e. The molecule has 0 aliphatic carbocycles. The predicted molar refractivity (Wildman–Crippen MR) is 91.7 cm³/mol. The summed E-state index contributed by atoms with van der Waals surface area (Å²) in [6.45, 7) is 2.07. The van der Waals surface area contributed by atoms with Crippen molar-refractivity contribution in [2.24, 2.45) is 0 Å². The van der Waals surface area contributed by atoms with Gasteiger partial charge >= 0.3 is 5.97 Å². The number of carboxylic acid groups (broad SMARTS) is 1. The lowest BCUT2D eigenvalue weighted by Crippen LogP contribution is -2.27. The summed E-state index contributed by atoms with van der Waals surface area (Å²) in [5.74, 6) is -1.08. The molecule has 0 radical (unpaired) electrons. The van der Waals surface area contributed by atoms with E-state index in [0.29, 0.717) is 18.7 Å². The van der Waals surface area contributed by atoms with E-state index in [9.17, 15) is 9.59 Å². The number of carbonyl (C=O) groups is 2. The predicted octanol–water partition coefficient (Wildman–Crippen LogP) is 3.25. The number of benzene rings is 2. The molecular weight excluding hydrogens is 306 g/mol. The van der Waals surface area contributed by atoms with E-state index in [2.05, 4.69) is 5.32 Å². The van der Waals surface area contributed by atoms with Gasteiger partial charge in [-0.2, -0.15) is 0 Å². The van der Waals surface area contributed by atoms with Crippen LogP contribution in [-0.2, 0) is 27.4 Å². The minimum absolute atomic E-state index is 0.0635. The lowest BCUT2D eigenvalue weighted by Gasteiger charge is -2.14. The molecule has 0 spiro atoms. The highest BCUT2D eigenvalue weighted by Crippen LogP contribution is 2.13. The molecule has 2 aromatic rings. The molecule has 5 heteroatoms. The third-order valence-electron chi connectivity index (χ3n) is 3.53. The van der Waals surface area contributed by atoms with Crippen LogP contribution in [-0.4, -0.2) is 23.1 Å². The Balaban J connectivity index is 1.86. The Morgan fingerprint density at radius 1 is 1.08 bits per heavy atom. The van der Waals surface area contributed by atoms with Crippen LogP contribution in [0.5, 0.6) is 0 Å². The first kappa shape index (κ1) is 17.7. The van der Waals surface area contributed by atoms with Crippen molar-refractivity contribution in [3.05, 3.63) is 65.7 Å². The van der Waals surface area contributed by atoms with E-state index in [-0.39, 0.29) is 12.3 Å². The molecule has 0 aromatic heterocycles. The highest BCUT2D eigenvalue weighted by atomic mass is 16.5. The van der Waals surface area contributed by atoms with Crippen LogP contribution in [0.1, 0.15) is 24.5 Å². The molecule has 126 valence electrons. The fourth-order valence-electron chi connectivity index (χ4n) is 2.17. The van der Waals surface area contributed by atoms with Gasteiger partial charge in [0.25, 0.3) is 5.91 Å². The van der Waals surface area contributed by atoms with Crippen molar-refractivity contribution in [2.75, 3.05) is 5.32 Å². The standard InChI is InChI=1S/C19H21NO4/c1-14(24-13-16-6-3-2-4-7-16)19(23)20-17-9-5-8-15(12-17)10-11-18(21)22/h2-9,12,14H,10-11,13H2,1H3,(H,20,23)(H,21,22). The van der Waals surface area contributed by atoms with Gasteiger partial charge in [0, 0.05) is 12.1 Å². The van der Waals surface area contributed by atoms with Gasteiger partial charge < -0.3 is 15.2 Å². The van der Waals surface area contributed by atoms with E-state index in [4.69, 9.17) is 9.84 Å². The molecule has 0 fully saturated rings. The van der Waals surface area contributed by atoms with Crippen LogP contribution in [0.25, 0.3) is 0 Å². The van der Waals surface area contributed by atoms with Crippen molar-refractivity contribution < 1.29 is 19.4 Å². The molecule has 0 aliphatic heterocycles. The van der Waals surface area contributed by atoms with Crippen molar-refractivity contribution in [3.63, 3.8) is 0 Å². The number of hydrogen-bond acceptors (Lipinski definition) is 3.